The summed E-state index contributed by atoms with van der Waals surface area (Å²) in [7, 11) is 0. The zero-order valence-electron chi connectivity index (χ0n) is 15.2. The molecule has 1 aliphatic rings. The van der Waals surface area contributed by atoms with Crippen LogP contribution in [0.5, 0.6) is 0 Å². The van der Waals surface area contributed by atoms with E-state index in [0.717, 1.165) is 12.0 Å². The van der Waals surface area contributed by atoms with Crippen molar-refractivity contribution in [2.45, 2.75) is 64.7 Å². The van der Waals surface area contributed by atoms with Crippen molar-refractivity contribution in [1.82, 2.24) is 5.32 Å². The SMILES string of the molecule is CC(C)(C)c1ccccc1NC(=O)C(=O)NCCC1CCCCC1. The fourth-order valence-electron chi connectivity index (χ4n) is 3.37. The number of benzene rings is 1. The van der Waals surface area contributed by atoms with Gasteiger partial charge < -0.3 is 10.6 Å². The van der Waals surface area contributed by atoms with Crippen LogP contribution < -0.4 is 10.6 Å². The molecule has 0 radical (unpaired) electrons. The first-order chi connectivity index (χ1) is 11.4. The van der Waals surface area contributed by atoms with Crippen molar-refractivity contribution in [3.05, 3.63) is 29.8 Å². The van der Waals surface area contributed by atoms with Gasteiger partial charge in [-0.2, -0.15) is 0 Å². The van der Waals surface area contributed by atoms with Crippen molar-refractivity contribution in [2.24, 2.45) is 5.92 Å². The summed E-state index contributed by atoms with van der Waals surface area (Å²) in [5.74, 6) is -0.436. The summed E-state index contributed by atoms with van der Waals surface area (Å²) in [5.41, 5.74) is 1.63. The second-order valence-corrected chi connectivity index (χ2v) is 7.80. The summed E-state index contributed by atoms with van der Waals surface area (Å²) in [4.78, 5) is 24.2. The number of carbonyl (C=O) groups is 2. The highest BCUT2D eigenvalue weighted by molar-refractivity contribution is 6.39. The predicted octanol–water partition coefficient (Wildman–Crippen LogP) is 4.01. The zero-order chi connectivity index (χ0) is 17.6. The van der Waals surface area contributed by atoms with Gasteiger partial charge in [0.2, 0.25) is 0 Å². The molecule has 0 atom stereocenters. The molecule has 1 saturated carbocycles. The third-order valence-electron chi connectivity index (χ3n) is 4.75. The van der Waals surface area contributed by atoms with Gasteiger partial charge in [-0.1, -0.05) is 71.1 Å². The van der Waals surface area contributed by atoms with E-state index in [4.69, 9.17) is 0 Å². The highest BCUT2D eigenvalue weighted by atomic mass is 16.2. The fourth-order valence-corrected chi connectivity index (χ4v) is 3.37. The van der Waals surface area contributed by atoms with Crippen LogP contribution in [0.15, 0.2) is 24.3 Å². The van der Waals surface area contributed by atoms with Crippen LogP contribution in [0.3, 0.4) is 0 Å². The van der Waals surface area contributed by atoms with E-state index >= 15 is 0 Å². The molecule has 132 valence electrons. The molecule has 1 aliphatic carbocycles. The first-order valence-corrected chi connectivity index (χ1v) is 9.06. The van der Waals surface area contributed by atoms with E-state index < -0.39 is 11.8 Å². The Morgan fingerprint density at radius 3 is 2.38 bits per heavy atom. The molecule has 0 aliphatic heterocycles. The maximum atomic E-state index is 12.2. The summed E-state index contributed by atoms with van der Waals surface area (Å²) in [5, 5.41) is 5.51. The highest BCUT2D eigenvalue weighted by Crippen LogP contribution is 2.29. The van der Waals surface area contributed by atoms with E-state index in [1.165, 1.54) is 32.1 Å². The Bertz CT molecular complexity index is 569. The molecule has 0 bridgehead atoms. The lowest BCUT2D eigenvalue weighted by atomic mass is 9.86. The number of hydrogen-bond acceptors (Lipinski definition) is 2. The summed E-state index contributed by atoms with van der Waals surface area (Å²) >= 11 is 0. The van der Waals surface area contributed by atoms with Gasteiger partial charge in [0.1, 0.15) is 0 Å². The monoisotopic (exact) mass is 330 g/mol. The topological polar surface area (TPSA) is 58.2 Å². The number of anilines is 1. The smallest absolute Gasteiger partial charge is 0.313 e. The molecule has 1 fully saturated rings. The summed E-state index contributed by atoms with van der Waals surface area (Å²) in [6.45, 7) is 6.84. The van der Waals surface area contributed by atoms with Gasteiger partial charge in [-0.15, -0.1) is 0 Å². The van der Waals surface area contributed by atoms with Gasteiger partial charge in [0.05, 0.1) is 0 Å². The van der Waals surface area contributed by atoms with Crippen LogP contribution in [0.25, 0.3) is 0 Å². The molecule has 1 aromatic carbocycles. The number of hydrogen-bond donors (Lipinski definition) is 2. The largest absolute Gasteiger partial charge is 0.348 e. The minimum Gasteiger partial charge on any atom is -0.348 e. The second-order valence-electron chi connectivity index (χ2n) is 7.80. The minimum atomic E-state index is -0.588. The van der Waals surface area contributed by atoms with Crippen LogP contribution in [0, 0.1) is 5.92 Å². The summed E-state index contributed by atoms with van der Waals surface area (Å²) in [6, 6.07) is 7.64. The Labute approximate surface area is 145 Å². The van der Waals surface area contributed by atoms with E-state index in [9.17, 15) is 9.59 Å². The van der Waals surface area contributed by atoms with Crippen molar-refractivity contribution >= 4 is 17.5 Å². The van der Waals surface area contributed by atoms with E-state index in [2.05, 4.69) is 31.4 Å². The second kappa shape index (κ2) is 8.32. The summed E-state index contributed by atoms with van der Waals surface area (Å²) < 4.78 is 0. The number of para-hydroxylation sites is 1. The maximum absolute atomic E-state index is 12.2. The number of amides is 2. The lowest BCUT2D eigenvalue weighted by Gasteiger charge is -2.23. The number of nitrogens with one attached hydrogen (secondary N) is 2. The maximum Gasteiger partial charge on any atom is 0.313 e. The highest BCUT2D eigenvalue weighted by Gasteiger charge is 2.21. The standard InChI is InChI=1S/C20H30N2O2/c1-20(2,3)16-11-7-8-12-17(16)22-19(24)18(23)21-14-13-15-9-5-4-6-10-15/h7-8,11-12,15H,4-6,9-10,13-14H2,1-3H3,(H,21,23)(H,22,24). The first kappa shape index (κ1) is 18.5. The van der Waals surface area contributed by atoms with Gasteiger partial charge in [0, 0.05) is 12.2 Å². The Balaban J connectivity index is 1.84. The molecule has 0 unspecified atom stereocenters. The van der Waals surface area contributed by atoms with Crippen molar-refractivity contribution in [3.63, 3.8) is 0 Å². The van der Waals surface area contributed by atoms with Crippen LogP contribution >= 0.6 is 0 Å². The molecule has 24 heavy (non-hydrogen) atoms. The Kier molecular flexibility index (Phi) is 6.41. The van der Waals surface area contributed by atoms with Crippen molar-refractivity contribution in [3.8, 4) is 0 Å². The van der Waals surface area contributed by atoms with Crippen LogP contribution in [0.2, 0.25) is 0 Å². The fraction of sp³-hybridized carbons (Fsp3) is 0.600. The number of rotatable bonds is 4. The average molecular weight is 330 g/mol. The zero-order valence-corrected chi connectivity index (χ0v) is 15.2. The van der Waals surface area contributed by atoms with Gasteiger partial charge in [0.25, 0.3) is 0 Å². The van der Waals surface area contributed by atoms with Crippen LogP contribution in [-0.4, -0.2) is 18.4 Å². The lowest BCUT2D eigenvalue weighted by Crippen LogP contribution is -2.37. The quantitative estimate of drug-likeness (QED) is 0.820. The molecule has 4 nitrogen and oxygen atoms in total. The van der Waals surface area contributed by atoms with E-state index in [1.54, 1.807) is 0 Å². The molecule has 4 heteroatoms. The Hall–Kier alpha value is -1.84. The van der Waals surface area contributed by atoms with Crippen molar-refractivity contribution < 1.29 is 9.59 Å². The van der Waals surface area contributed by atoms with Gasteiger partial charge in [0.15, 0.2) is 0 Å². The Morgan fingerprint density at radius 2 is 1.71 bits per heavy atom. The third kappa shape index (κ3) is 5.36. The van der Waals surface area contributed by atoms with Gasteiger partial charge in [-0.3, -0.25) is 9.59 Å². The molecule has 1 aromatic rings. The van der Waals surface area contributed by atoms with Crippen molar-refractivity contribution in [1.29, 1.82) is 0 Å². The minimum absolute atomic E-state index is 0.0959. The van der Waals surface area contributed by atoms with Crippen LogP contribution in [-0.2, 0) is 15.0 Å². The Morgan fingerprint density at radius 1 is 1.04 bits per heavy atom. The lowest BCUT2D eigenvalue weighted by molar-refractivity contribution is -0.136. The molecule has 0 saturated heterocycles. The predicted molar refractivity (Wildman–Crippen MR) is 98.0 cm³/mol. The molecular weight excluding hydrogens is 300 g/mol. The van der Waals surface area contributed by atoms with E-state index in [1.807, 2.05) is 24.3 Å². The van der Waals surface area contributed by atoms with E-state index in [0.29, 0.717) is 18.2 Å². The van der Waals surface area contributed by atoms with Crippen molar-refractivity contribution in [2.75, 3.05) is 11.9 Å². The van der Waals surface area contributed by atoms with Crippen LogP contribution in [0.1, 0.15) is 64.9 Å². The molecule has 2 N–H and O–H groups in total. The number of carbonyl (C=O) groups excluding carboxylic acids is 2. The first-order valence-electron chi connectivity index (χ1n) is 9.06. The van der Waals surface area contributed by atoms with Crippen LogP contribution in [0.4, 0.5) is 5.69 Å². The summed E-state index contributed by atoms with van der Waals surface area (Å²) in [6.07, 6.45) is 7.39. The molecule has 2 amide bonds. The molecule has 0 heterocycles. The molecular formula is C20H30N2O2. The molecule has 0 aromatic heterocycles. The average Bonchev–Trinajstić information content (AvgIpc) is 2.55. The van der Waals surface area contributed by atoms with E-state index in [-0.39, 0.29) is 5.41 Å². The normalized spacial score (nSPS) is 15.8. The molecule has 2 rings (SSSR count). The molecule has 0 spiro atoms. The van der Waals surface area contributed by atoms with Gasteiger partial charge >= 0.3 is 11.8 Å². The van der Waals surface area contributed by atoms with Gasteiger partial charge in [-0.25, -0.2) is 0 Å². The third-order valence-corrected chi connectivity index (χ3v) is 4.75. The van der Waals surface area contributed by atoms with Gasteiger partial charge in [-0.05, 0) is 29.4 Å².